The summed E-state index contributed by atoms with van der Waals surface area (Å²) in [6, 6.07) is 18.1. The molecule has 0 aliphatic carbocycles. The maximum atomic E-state index is 13.5. The Morgan fingerprint density at radius 2 is 1.71 bits per heavy atom. The molecular formula is C30H29NO7. The van der Waals surface area contributed by atoms with E-state index in [4.69, 9.17) is 14.2 Å². The van der Waals surface area contributed by atoms with E-state index in [1.807, 2.05) is 31.2 Å². The van der Waals surface area contributed by atoms with E-state index < -0.39 is 17.7 Å². The molecule has 1 fully saturated rings. The second-order valence-corrected chi connectivity index (χ2v) is 8.80. The molecule has 0 saturated carbocycles. The molecule has 196 valence electrons. The quantitative estimate of drug-likeness (QED) is 0.200. The number of Topliss-reactive ketones (excluding diaryl/α,β-unsaturated/α-hetero) is 1. The van der Waals surface area contributed by atoms with E-state index in [9.17, 15) is 19.5 Å². The van der Waals surface area contributed by atoms with Gasteiger partial charge in [0.2, 0.25) is 0 Å². The lowest BCUT2D eigenvalue weighted by Gasteiger charge is -2.26. The number of ether oxygens (including phenoxy) is 3. The molecule has 8 heteroatoms. The van der Waals surface area contributed by atoms with Crippen LogP contribution in [-0.4, -0.2) is 43.6 Å². The van der Waals surface area contributed by atoms with E-state index >= 15 is 0 Å². The number of esters is 1. The van der Waals surface area contributed by atoms with Gasteiger partial charge in [0.05, 0.1) is 44.4 Å². The number of rotatable bonds is 8. The Labute approximate surface area is 221 Å². The third-order valence-electron chi connectivity index (χ3n) is 6.33. The lowest BCUT2D eigenvalue weighted by atomic mass is 9.94. The van der Waals surface area contributed by atoms with Crippen LogP contribution in [0.2, 0.25) is 0 Å². The summed E-state index contributed by atoms with van der Waals surface area (Å²) in [7, 11) is 2.94. The second kappa shape index (κ2) is 11.2. The van der Waals surface area contributed by atoms with Gasteiger partial charge in [-0.25, -0.2) is 0 Å². The largest absolute Gasteiger partial charge is 0.507 e. The predicted molar refractivity (Wildman–Crippen MR) is 142 cm³/mol. The Balaban J connectivity index is 1.87. The van der Waals surface area contributed by atoms with E-state index in [-0.39, 0.29) is 35.9 Å². The van der Waals surface area contributed by atoms with Gasteiger partial charge >= 0.3 is 5.97 Å². The molecule has 1 heterocycles. The van der Waals surface area contributed by atoms with Crippen LogP contribution in [-0.2, 0) is 25.5 Å². The molecule has 38 heavy (non-hydrogen) atoms. The monoisotopic (exact) mass is 515 g/mol. The van der Waals surface area contributed by atoms with E-state index in [0.717, 1.165) is 5.56 Å². The van der Waals surface area contributed by atoms with Gasteiger partial charge in [-0.05, 0) is 55.3 Å². The van der Waals surface area contributed by atoms with E-state index in [0.29, 0.717) is 28.3 Å². The summed E-state index contributed by atoms with van der Waals surface area (Å²) in [6.07, 6.45) is 0.0872. The van der Waals surface area contributed by atoms with Crippen molar-refractivity contribution >= 4 is 29.1 Å². The molecular weight excluding hydrogens is 486 g/mol. The summed E-state index contributed by atoms with van der Waals surface area (Å²) in [5.74, 6) is -1.56. The molecule has 3 aromatic carbocycles. The summed E-state index contributed by atoms with van der Waals surface area (Å²) >= 11 is 0. The van der Waals surface area contributed by atoms with Crippen molar-refractivity contribution in [1.82, 2.24) is 0 Å². The van der Waals surface area contributed by atoms with Crippen molar-refractivity contribution in [1.29, 1.82) is 0 Å². The van der Waals surface area contributed by atoms with Crippen molar-refractivity contribution < 1.29 is 33.7 Å². The number of hydrogen-bond acceptors (Lipinski definition) is 7. The Hall–Kier alpha value is -4.59. The number of aryl methyl sites for hydroxylation is 1. The first kappa shape index (κ1) is 26.5. The van der Waals surface area contributed by atoms with Gasteiger partial charge in [0.1, 0.15) is 17.3 Å². The van der Waals surface area contributed by atoms with Crippen LogP contribution in [0.1, 0.15) is 35.2 Å². The number of hydrogen-bond donors (Lipinski definition) is 1. The zero-order valence-electron chi connectivity index (χ0n) is 21.7. The molecule has 1 aliphatic heterocycles. The molecule has 0 aromatic heterocycles. The average molecular weight is 516 g/mol. The minimum Gasteiger partial charge on any atom is -0.507 e. The van der Waals surface area contributed by atoms with Gasteiger partial charge in [0.15, 0.2) is 0 Å². The van der Waals surface area contributed by atoms with Crippen molar-refractivity contribution in [2.24, 2.45) is 0 Å². The zero-order valence-corrected chi connectivity index (χ0v) is 21.7. The number of aliphatic hydroxyl groups excluding tert-OH is 1. The molecule has 3 aromatic rings. The number of carbonyl (C=O) groups excluding carboxylic acids is 3. The Morgan fingerprint density at radius 3 is 2.34 bits per heavy atom. The average Bonchev–Trinajstić information content (AvgIpc) is 3.18. The maximum Gasteiger partial charge on any atom is 0.310 e. The Bertz CT molecular complexity index is 1410. The van der Waals surface area contributed by atoms with Crippen molar-refractivity contribution in [3.8, 4) is 11.5 Å². The van der Waals surface area contributed by atoms with Crippen molar-refractivity contribution in [3.05, 3.63) is 94.6 Å². The SMILES string of the molecule is CCOC(=O)Cc1ccc(N2C(=O)C(=O)/C(=C(/O)c3cc(OC)ccc3OC)C2c2cccc(C)c2)cc1. The van der Waals surface area contributed by atoms with E-state index in [1.54, 1.807) is 49.4 Å². The fraction of sp³-hybridized carbons (Fsp3) is 0.233. The molecule has 1 N–H and O–H groups in total. The predicted octanol–water partition coefficient (Wildman–Crippen LogP) is 4.74. The third kappa shape index (κ3) is 5.11. The lowest BCUT2D eigenvalue weighted by molar-refractivity contribution is -0.142. The number of carbonyl (C=O) groups is 3. The van der Waals surface area contributed by atoms with Crippen molar-refractivity contribution in [2.45, 2.75) is 26.3 Å². The van der Waals surface area contributed by atoms with Crippen LogP contribution in [0, 0.1) is 6.92 Å². The van der Waals surface area contributed by atoms with E-state index in [1.165, 1.54) is 19.1 Å². The van der Waals surface area contributed by atoms with Crippen LogP contribution in [0.15, 0.2) is 72.3 Å². The molecule has 4 rings (SSSR count). The molecule has 0 radical (unpaired) electrons. The van der Waals surface area contributed by atoms with E-state index in [2.05, 4.69) is 0 Å². The van der Waals surface area contributed by atoms with Gasteiger partial charge < -0.3 is 19.3 Å². The summed E-state index contributed by atoms with van der Waals surface area (Å²) < 4.78 is 15.7. The fourth-order valence-electron chi connectivity index (χ4n) is 4.55. The molecule has 1 aliphatic rings. The Morgan fingerprint density at radius 1 is 0.974 bits per heavy atom. The van der Waals surface area contributed by atoms with Gasteiger partial charge in [-0.3, -0.25) is 19.3 Å². The fourth-order valence-corrected chi connectivity index (χ4v) is 4.55. The number of amides is 1. The summed E-state index contributed by atoms with van der Waals surface area (Å²) in [5.41, 5.74) is 2.90. The van der Waals surface area contributed by atoms with Gasteiger partial charge in [0.25, 0.3) is 11.7 Å². The van der Waals surface area contributed by atoms with Gasteiger partial charge in [-0.15, -0.1) is 0 Å². The first-order chi connectivity index (χ1) is 18.3. The van der Waals surface area contributed by atoms with Crippen molar-refractivity contribution in [3.63, 3.8) is 0 Å². The summed E-state index contributed by atoms with van der Waals surface area (Å²) in [4.78, 5) is 40.2. The number of aliphatic hydroxyl groups is 1. The number of methoxy groups -OCH3 is 2. The van der Waals surface area contributed by atoms with Crippen molar-refractivity contribution in [2.75, 3.05) is 25.7 Å². The van der Waals surface area contributed by atoms with Crippen LogP contribution < -0.4 is 14.4 Å². The normalized spacial score (nSPS) is 16.4. The molecule has 1 atom stereocenters. The summed E-state index contributed by atoms with van der Waals surface area (Å²) in [5, 5.41) is 11.5. The molecule has 8 nitrogen and oxygen atoms in total. The van der Waals surface area contributed by atoms with Gasteiger partial charge in [0, 0.05) is 5.69 Å². The number of benzene rings is 3. The first-order valence-electron chi connectivity index (χ1n) is 12.1. The van der Waals surface area contributed by atoms with Crippen LogP contribution in [0.25, 0.3) is 5.76 Å². The zero-order chi connectivity index (χ0) is 27.4. The minimum atomic E-state index is -0.901. The number of nitrogens with zero attached hydrogens (tertiary/aromatic N) is 1. The van der Waals surface area contributed by atoms with Crippen LogP contribution in [0.4, 0.5) is 5.69 Å². The molecule has 1 amide bonds. The van der Waals surface area contributed by atoms with Crippen LogP contribution in [0.5, 0.6) is 11.5 Å². The molecule has 0 bridgehead atoms. The minimum absolute atomic E-state index is 0.0669. The molecule has 1 unspecified atom stereocenters. The highest BCUT2D eigenvalue weighted by atomic mass is 16.5. The highest BCUT2D eigenvalue weighted by Crippen LogP contribution is 2.44. The smallest absolute Gasteiger partial charge is 0.310 e. The highest BCUT2D eigenvalue weighted by Gasteiger charge is 2.47. The lowest BCUT2D eigenvalue weighted by Crippen LogP contribution is -2.29. The Kier molecular flexibility index (Phi) is 7.81. The molecule has 0 spiro atoms. The maximum absolute atomic E-state index is 13.5. The topological polar surface area (TPSA) is 102 Å². The van der Waals surface area contributed by atoms with Gasteiger partial charge in [-0.2, -0.15) is 0 Å². The highest BCUT2D eigenvalue weighted by molar-refractivity contribution is 6.51. The molecule has 1 saturated heterocycles. The van der Waals surface area contributed by atoms with Gasteiger partial charge in [-0.1, -0.05) is 42.0 Å². The summed E-state index contributed by atoms with van der Waals surface area (Å²) in [6.45, 7) is 3.94. The standard InChI is InChI=1S/C30H29NO7/c1-5-38-25(32)16-19-9-11-21(12-10-19)31-27(20-8-6-7-18(2)15-20)26(29(34)30(31)35)28(33)23-17-22(36-3)13-14-24(23)37-4/h6-15,17,27,33H,5,16H2,1-4H3/b28-26+. The first-order valence-corrected chi connectivity index (χ1v) is 12.1. The number of anilines is 1. The van der Waals surface area contributed by atoms with Crippen LogP contribution >= 0.6 is 0 Å². The second-order valence-electron chi connectivity index (χ2n) is 8.80. The third-order valence-corrected chi connectivity index (χ3v) is 6.33. The van der Waals surface area contributed by atoms with Crippen LogP contribution in [0.3, 0.4) is 0 Å². The number of ketones is 1.